The summed E-state index contributed by atoms with van der Waals surface area (Å²) in [5.41, 5.74) is 3.32. The number of anilines is 2. The van der Waals surface area contributed by atoms with Gasteiger partial charge in [0.1, 0.15) is 0 Å². The van der Waals surface area contributed by atoms with E-state index in [1.54, 1.807) is 23.5 Å². The predicted molar refractivity (Wildman–Crippen MR) is 80.9 cm³/mol. The van der Waals surface area contributed by atoms with E-state index in [9.17, 15) is 9.59 Å². The number of carbonyl (C=O) groups is 2. The van der Waals surface area contributed by atoms with Crippen LogP contribution in [0.5, 0.6) is 0 Å². The Bertz CT molecular complexity index is 745. The lowest BCUT2D eigenvalue weighted by molar-refractivity contribution is -0.115. The van der Waals surface area contributed by atoms with Crippen molar-refractivity contribution < 1.29 is 9.59 Å². The van der Waals surface area contributed by atoms with Crippen LogP contribution in [0, 0.1) is 0 Å². The van der Waals surface area contributed by atoms with Crippen LogP contribution in [-0.2, 0) is 24.1 Å². The van der Waals surface area contributed by atoms with Crippen LogP contribution in [-0.4, -0.2) is 16.8 Å². The molecule has 0 radical (unpaired) electrons. The minimum atomic E-state index is -0.189. The van der Waals surface area contributed by atoms with Gasteiger partial charge in [0.15, 0.2) is 5.13 Å². The maximum absolute atomic E-state index is 12.3. The molecule has 0 saturated carbocycles. The van der Waals surface area contributed by atoms with Crippen LogP contribution >= 0.6 is 11.3 Å². The lowest BCUT2D eigenvalue weighted by atomic mass is 10.1. The lowest BCUT2D eigenvalue weighted by Gasteiger charge is -2.04. The van der Waals surface area contributed by atoms with E-state index in [-0.39, 0.29) is 11.8 Å². The highest BCUT2D eigenvalue weighted by Gasteiger charge is 2.21. The first-order chi connectivity index (χ1) is 10.2. The fraction of sp³-hybridized carbons (Fsp3) is 0.267. The predicted octanol–water partition coefficient (Wildman–Crippen LogP) is 2.38. The molecule has 0 fully saturated rings. The summed E-state index contributed by atoms with van der Waals surface area (Å²) in [5.74, 6) is -0.217. The Hall–Kier alpha value is -2.21. The summed E-state index contributed by atoms with van der Waals surface area (Å²) in [6.07, 6.45) is 3.61. The lowest BCUT2D eigenvalue weighted by Crippen LogP contribution is -2.12. The highest BCUT2D eigenvalue weighted by Crippen LogP contribution is 2.31. The number of aromatic nitrogens is 1. The van der Waals surface area contributed by atoms with Gasteiger partial charge in [0.05, 0.1) is 12.1 Å². The first-order valence-corrected chi connectivity index (χ1v) is 7.73. The Labute approximate surface area is 125 Å². The number of aryl methyl sites for hydroxylation is 2. The van der Waals surface area contributed by atoms with E-state index in [1.807, 2.05) is 6.07 Å². The van der Waals surface area contributed by atoms with Crippen LogP contribution in [0.4, 0.5) is 10.8 Å². The molecule has 106 valence electrons. The molecular formula is C15H13N3O2S. The molecule has 2 N–H and O–H groups in total. The smallest absolute Gasteiger partial charge is 0.257 e. The molecule has 0 atom stereocenters. The Balaban J connectivity index is 1.55. The molecule has 21 heavy (non-hydrogen) atoms. The molecule has 0 unspecified atom stereocenters. The van der Waals surface area contributed by atoms with E-state index in [0.717, 1.165) is 36.2 Å². The highest BCUT2D eigenvalue weighted by molar-refractivity contribution is 7.16. The van der Waals surface area contributed by atoms with Gasteiger partial charge in [0, 0.05) is 16.1 Å². The molecule has 1 aliphatic carbocycles. The third-order valence-electron chi connectivity index (χ3n) is 3.81. The zero-order valence-electron chi connectivity index (χ0n) is 11.2. The molecule has 0 spiro atoms. The van der Waals surface area contributed by atoms with Crippen LogP contribution in [0.25, 0.3) is 0 Å². The second-order valence-electron chi connectivity index (χ2n) is 5.29. The molecule has 1 aromatic carbocycles. The van der Waals surface area contributed by atoms with Gasteiger partial charge in [-0.25, -0.2) is 4.98 Å². The molecule has 0 saturated heterocycles. The zero-order chi connectivity index (χ0) is 14.4. The summed E-state index contributed by atoms with van der Waals surface area (Å²) in [6, 6.07) is 5.29. The molecule has 2 aromatic rings. The molecule has 2 amide bonds. The van der Waals surface area contributed by atoms with Crippen LogP contribution in [0.2, 0.25) is 0 Å². The summed E-state index contributed by atoms with van der Waals surface area (Å²) >= 11 is 1.56. The fourth-order valence-electron chi connectivity index (χ4n) is 2.77. The van der Waals surface area contributed by atoms with Crippen LogP contribution in [0.1, 0.15) is 32.9 Å². The zero-order valence-corrected chi connectivity index (χ0v) is 12.0. The van der Waals surface area contributed by atoms with Gasteiger partial charge >= 0.3 is 0 Å². The van der Waals surface area contributed by atoms with Crippen LogP contribution in [0.3, 0.4) is 0 Å². The van der Waals surface area contributed by atoms with E-state index < -0.39 is 0 Å². The third-order valence-corrected chi connectivity index (χ3v) is 4.89. The summed E-state index contributed by atoms with van der Waals surface area (Å²) in [7, 11) is 0. The van der Waals surface area contributed by atoms with Gasteiger partial charge in [-0.15, -0.1) is 11.3 Å². The largest absolute Gasteiger partial charge is 0.326 e. The van der Waals surface area contributed by atoms with Crippen molar-refractivity contribution in [1.82, 2.24) is 4.98 Å². The van der Waals surface area contributed by atoms with Gasteiger partial charge in [-0.3, -0.25) is 14.9 Å². The minimum Gasteiger partial charge on any atom is -0.326 e. The number of rotatable bonds is 2. The first kappa shape index (κ1) is 12.5. The Kier molecular flexibility index (Phi) is 2.78. The highest BCUT2D eigenvalue weighted by atomic mass is 32.1. The quantitative estimate of drug-likeness (QED) is 0.894. The topological polar surface area (TPSA) is 71.1 Å². The fourth-order valence-corrected chi connectivity index (χ4v) is 3.81. The van der Waals surface area contributed by atoms with Crippen molar-refractivity contribution in [1.29, 1.82) is 0 Å². The van der Waals surface area contributed by atoms with Crippen LogP contribution in [0.15, 0.2) is 18.2 Å². The third kappa shape index (κ3) is 2.21. The van der Waals surface area contributed by atoms with Gasteiger partial charge in [-0.2, -0.15) is 0 Å². The second kappa shape index (κ2) is 4.66. The molecule has 1 aromatic heterocycles. The number of fused-ring (bicyclic) bond motifs is 2. The van der Waals surface area contributed by atoms with Gasteiger partial charge in [0.25, 0.3) is 5.91 Å². The number of amides is 2. The molecule has 0 bridgehead atoms. The van der Waals surface area contributed by atoms with E-state index in [2.05, 4.69) is 15.6 Å². The number of nitrogens with zero attached hydrogens (tertiary/aromatic N) is 1. The van der Waals surface area contributed by atoms with Gasteiger partial charge in [0.2, 0.25) is 5.91 Å². The molecule has 5 nitrogen and oxygen atoms in total. The number of hydrogen-bond acceptors (Lipinski definition) is 4. The number of hydrogen-bond donors (Lipinski definition) is 2. The van der Waals surface area contributed by atoms with Crippen molar-refractivity contribution >= 4 is 34.0 Å². The maximum Gasteiger partial charge on any atom is 0.257 e. The Morgan fingerprint density at radius 3 is 3.10 bits per heavy atom. The Morgan fingerprint density at radius 1 is 1.33 bits per heavy atom. The molecule has 4 rings (SSSR count). The first-order valence-electron chi connectivity index (χ1n) is 6.92. The molecule has 1 aliphatic heterocycles. The molecule has 2 aliphatic rings. The van der Waals surface area contributed by atoms with Gasteiger partial charge in [-0.1, -0.05) is 6.07 Å². The average molecular weight is 299 g/mol. The number of benzene rings is 1. The SMILES string of the molecule is O=C1Cc2ccc(C(=O)Nc3nc4c(s3)CCC4)cc2N1. The van der Waals surface area contributed by atoms with Crippen molar-refractivity contribution in [2.24, 2.45) is 0 Å². The van der Waals surface area contributed by atoms with E-state index in [0.29, 0.717) is 17.1 Å². The monoisotopic (exact) mass is 299 g/mol. The normalized spacial score (nSPS) is 15.5. The van der Waals surface area contributed by atoms with Crippen LogP contribution < -0.4 is 10.6 Å². The van der Waals surface area contributed by atoms with Crippen molar-refractivity contribution in [2.45, 2.75) is 25.7 Å². The summed E-state index contributed by atoms with van der Waals surface area (Å²) in [4.78, 5) is 29.3. The van der Waals surface area contributed by atoms with E-state index in [1.165, 1.54) is 4.88 Å². The average Bonchev–Trinajstić information content (AvgIpc) is 3.10. The maximum atomic E-state index is 12.3. The van der Waals surface area contributed by atoms with Crippen molar-refractivity contribution in [3.63, 3.8) is 0 Å². The van der Waals surface area contributed by atoms with Crippen molar-refractivity contribution in [3.05, 3.63) is 39.9 Å². The van der Waals surface area contributed by atoms with E-state index in [4.69, 9.17) is 0 Å². The van der Waals surface area contributed by atoms with Crippen molar-refractivity contribution in [3.8, 4) is 0 Å². The molecule has 2 heterocycles. The summed E-state index contributed by atoms with van der Waals surface area (Å²) in [6.45, 7) is 0. The molecule has 6 heteroatoms. The molecular weight excluding hydrogens is 286 g/mol. The van der Waals surface area contributed by atoms with Gasteiger partial charge in [-0.05, 0) is 37.0 Å². The summed E-state index contributed by atoms with van der Waals surface area (Å²) in [5, 5.41) is 6.26. The summed E-state index contributed by atoms with van der Waals surface area (Å²) < 4.78 is 0. The van der Waals surface area contributed by atoms with Gasteiger partial charge < -0.3 is 5.32 Å². The second-order valence-corrected chi connectivity index (χ2v) is 6.38. The minimum absolute atomic E-state index is 0.0288. The standard InChI is InChI=1S/C15H13N3O2S/c19-13-7-8-4-5-9(6-11(8)16-13)14(20)18-15-17-10-2-1-3-12(10)21-15/h4-6H,1-3,7H2,(H,16,19)(H,17,18,20). The van der Waals surface area contributed by atoms with Crippen molar-refractivity contribution in [2.75, 3.05) is 10.6 Å². The number of thiazole rings is 1. The van der Waals surface area contributed by atoms with E-state index >= 15 is 0 Å². The number of carbonyl (C=O) groups excluding carboxylic acids is 2. The Morgan fingerprint density at radius 2 is 2.24 bits per heavy atom. The number of nitrogens with one attached hydrogen (secondary N) is 2.